The number of carbonyl (C=O) groups is 5. The summed E-state index contributed by atoms with van der Waals surface area (Å²) in [5.74, 6) is -0.127. The minimum absolute atomic E-state index is 0. The summed E-state index contributed by atoms with van der Waals surface area (Å²) in [5.41, 5.74) is 2.59. The molecule has 3 N–H and O–H groups in total. The third-order valence-electron chi connectivity index (χ3n) is 16.2. The molecule has 500 valence electrons. The van der Waals surface area contributed by atoms with Crippen LogP contribution < -0.4 is 5.32 Å². The highest BCUT2D eigenvalue weighted by Gasteiger charge is 2.47. The number of rotatable bonds is 14. The Morgan fingerprint density at radius 3 is 1.49 bits per heavy atom. The third kappa shape index (κ3) is 23.4. The Morgan fingerprint density at radius 2 is 1.06 bits per heavy atom. The van der Waals surface area contributed by atoms with E-state index in [0.717, 1.165) is 42.4 Å². The van der Waals surface area contributed by atoms with Gasteiger partial charge in [0.05, 0.1) is 64.0 Å². The molecule has 0 aliphatic carbocycles. The molecule has 4 atom stereocenters. The van der Waals surface area contributed by atoms with E-state index in [-0.39, 0.29) is 53.6 Å². The van der Waals surface area contributed by atoms with Gasteiger partial charge in [0.25, 0.3) is 5.91 Å². The highest BCUT2D eigenvalue weighted by Crippen LogP contribution is 2.40. The maximum atomic E-state index is 13.4. The summed E-state index contributed by atoms with van der Waals surface area (Å²) in [4.78, 5) is 72.7. The lowest BCUT2D eigenvalue weighted by molar-refractivity contribution is -0.172. The van der Waals surface area contributed by atoms with Gasteiger partial charge in [-0.25, -0.2) is 9.86 Å². The van der Waals surface area contributed by atoms with Gasteiger partial charge in [0.15, 0.2) is 17.3 Å². The Labute approximate surface area is 601 Å². The van der Waals surface area contributed by atoms with E-state index < -0.39 is 30.5 Å². The van der Waals surface area contributed by atoms with Crippen LogP contribution in [0.4, 0.5) is 4.79 Å². The molecule has 10 rings (SSSR count). The average molecular weight is 1520 g/mol. The lowest BCUT2D eigenvalue weighted by atomic mass is 9.74. The van der Waals surface area contributed by atoms with Crippen LogP contribution in [0.3, 0.4) is 0 Å². The summed E-state index contributed by atoms with van der Waals surface area (Å²) in [6.45, 7) is 14.0. The van der Waals surface area contributed by atoms with Crippen LogP contribution in [0.1, 0.15) is 88.7 Å². The molecule has 93 heavy (non-hydrogen) atoms. The molecular weight excluding hydrogens is 1440 g/mol. The number of benzene rings is 6. The van der Waals surface area contributed by atoms with Crippen LogP contribution in [0.25, 0.3) is 0 Å². The van der Waals surface area contributed by atoms with E-state index in [0.29, 0.717) is 115 Å². The van der Waals surface area contributed by atoms with Gasteiger partial charge >= 0.3 is 20.2 Å². The minimum atomic E-state index is -0.574. The van der Waals surface area contributed by atoms with Gasteiger partial charge in [-0.3, -0.25) is 24.0 Å². The predicted octanol–water partition coefficient (Wildman–Crippen LogP) is 16.7. The maximum Gasteiger partial charge on any atom is 0.410 e. The van der Waals surface area contributed by atoms with Crippen LogP contribution >= 0.6 is 121 Å². The van der Waals surface area contributed by atoms with E-state index in [4.69, 9.17) is 102 Å². The number of ketones is 3. The van der Waals surface area contributed by atoms with Crippen molar-refractivity contribution in [2.75, 3.05) is 66.5 Å². The normalized spacial score (nSPS) is 19.2. The number of halogens is 10. The zero-order valence-electron chi connectivity index (χ0n) is 52.8. The Bertz CT molecular complexity index is 3490. The maximum absolute atomic E-state index is 13.4. The molecule has 0 aromatic heterocycles. The summed E-state index contributed by atoms with van der Waals surface area (Å²) in [5, 5.41) is 27.7. The van der Waals surface area contributed by atoms with Crippen molar-refractivity contribution in [1.82, 2.24) is 24.9 Å². The topological polar surface area (TPSA) is 169 Å². The molecule has 4 fully saturated rings. The van der Waals surface area contributed by atoms with Crippen LogP contribution in [-0.2, 0) is 27.2 Å². The number of carbonyl (C=O) groups excluding carboxylic acids is 5. The van der Waals surface area contributed by atoms with Gasteiger partial charge in [-0.1, -0.05) is 169 Å². The lowest BCUT2D eigenvalue weighted by Gasteiger charge is -2.29. The number of hydrogen-bond acceptors (Lipinski definition) is 12. The van der Waals surface area contributed by atoms with E-state index >= 15 is 0 Å². The van der Waals surface area contributed by atoms with Gasteiger partial charge in [-0.15, -0.1) is 12.4 Å². The number of amides is 2. The van der Waals surface area contributed by atoms with E-state index in [1.807, 2.05) is 85.0 Å². The van der Waals surface area contributed by atoms with Crippen LogP contribution in [0, 0.1) is 22.7 Å². The smallest absolute Gasteiger partial charge is 0.410 e. The number of hydrogen-bond donors (Lipinski definition) is 3. The molecular formula is C67H77B2BrCl9N5O9. The third-order valence-corrected chi connectivity index (χ3v) is 19.7. The number of Topliss-reactive ketones (excluding diaryl/α,β-unsaturated/α-hetero) is 3. The molecule has 0 saturated carbocycles. The van der Waals surface area contributed by atoms with Gasteiger partial charge < -0.3 is 34.6 Å². The largest absolute Gasteiger partial charge is 0.444 e. The molecule has 0 radical (unpaired) electrons. The number of hydroxylamine groups is 2. The van der Waals surface area contributed by atoms with Gasteiger partial charge in [-0.2, -0.15) is 0 Å². The number of nitrogens with one attached hydrogen (secondary N) is 1. The second-order valence-electron chi connectivity index (χ2n) is 24.2. The number of likely N-dealkylation sites (tertiary alicyclic amines) is 1. The first-order valence-electron chi connectivity index (χ1n) is 30.0. The molecule has 26 heteroatoms. The van der Waals surface area contributed by atoms with Crippen molar-refractivity contribution in [1.29, 1.82) is 0 Å². The quantitative estimate of drug-likeness (QED) is 0.0409. The molecule has 4 aliphatic heterocycles. The first-order chi connectivity index (χ1) is 43.4. The van der Waals surface area contributed by atoms with Crippen molar-refractivity contribution in [3.8, 4) is 0 Å². The SMILES string of the molecule is CB(O)N1CCC(C(=O)c2ccc(Cl)c(Cl)c2)C1.CB(O)N1CCC(Cc2ccccc2)(C(=O)c2ccc(Cl)c(Cl)c2)C1.CON(C)C(=O)C1CCN(C(=O)OC(C)(C)C)C1.Cl.Clc1ccc(Br)cc1Cl.O=C(c1ccc(Cl)c(Cl)c1)C1(Cc2ccccc2)CCNC1. The predicted molar refractivity (Wildman–Crippen MR) is 386 cm³/mol. The summed E-state index contributed by atoms with van der Waals surface area (Å²) >= 11 is 50.4. The fraction of sp³-hybridized carbons (Fsp3) is 0.388. The second-order valence-corrected chi connectivity index (χ2v) is 28.3. The van der Waals surface area contributed by atoms with Crippen molar-refractivity contribution in [2.45, 2.75) is 78.5 Å². The van der Waals surface area contributed by atoms with Crippen molar-refractivity contribution in [2.24, 2.45) is 22.7 Å². The Balaban J connectivity index is 0.000000216. The van der Waals surface area contributed by atoms with Crippen LogP contribution in [0.15, 0.2) is 138 Å². The van der Waals surface area contributed by atoms with Gasteiger partial charge in [0.2, 0.25) is 0 Å². The highest BCUT2D eigenvalue weighted by molar-refractivity contribution is 9.10. The number of nitrogens with zero attached hydrogens (tertiary/aromatic N) is 4. The van der Waals surface area contributed by atoms with E-state index in [1.54, 1.807) is 92.3 Å². The minimum Gasteiger partial charge on any atom is -0.444 e. The molecule has 4 aliphatic rings. The van der Waals surface area contributed by atoms with E-state index in [9.17, 15) is 34.0 Å². The zero-order chi connectivity index (χ0) is 67.7. The zero-order valence-corrected chi connectivity index (χ0v) is 61.2. The molecule has 2 amide bonds. The first kappa shape index (κ1) is 79.7. The van der Waals surface area contributed by atoms with Gasteiger partial charge in [0, 0.05) is 60.3 Å². The summed E-state index contributed by atoms with van der Waals surface area (Å²) in [6, 6.07) is 40.6. The fourth-order valence-corrected chi connectivity index (χ4v) is 12.8. The van der Waals surface area contributed by atoms with Gasteiger partial charge in [-0.05, 0) is 183 Å². The van der Waals surface area contributed by atoms with Crippen molar-refractivity contribution in [3.05, 3.63) is 206 Å². The van der Waals surface area contributed by atoms with Crippen LogP contribution in [-0.4, -0.2) is 145 Å². The fourth-order valence-electron chi connectivity index (χ4n) is 11.2. The van der Waals surface area contributed by atoms with Crippen LogP contribution in [0.2, 0.25) is 53.8 Å². The summed E-state index contributed by atoms with van der Waals surface area (Å²) in [7, 11) is 1.94. The standard InChI is InChI=1S/C19H20BCl2NO2.C18H17Cl2NO.C12H14BCl2NO2.C12H22N2O4.C6H3BrCl2.ClH/c1-20(25)23-10-9-19(13-23,12-14-5-3-2-4-6-14)18(24)15-7-8-16(21)17(22)11-15;19-15-7-6-14(10-16(15)20)17(22)18(8-9-21-12-18)11-13-4-2-1-3-5-13;1-13(18)16-5-4-9(7-16)12(17)8-2-3-10(14)11(15)6-8;1-12(2,3)18-11(16)14-7-6-9(8-14)10(15)13(4)17-5;7-4-1-2-5(8)6(9)3-4;/h2-8,11,25H,9-10,12-13H2,1H3;1-7,10,21H,8-9,11-12H2;2-3,6,9,18H,4-5,7H2,1H3;9H,6-8H2,1-5H3;1-3H;1H. The average Bonchev–Trinajstić information content (AvgIpc) is 1.75. The molecule has 0 spiro atoms. The molecule has 6 aromatic rings. The second kappa shape index (κ2) is 37.1. The Kier molecular flexibility index (Phi) is 31.8. The molecule has 14 nitrogen and oxygen atoms in total. The summed E-state index contributed by atoms with van der Waals surface area (Å²) < 4.78 is 6.21. The van der Waals surface area contributed by atoms with Gasteiger partial charge in [0.1, 0.15) is 5.60 Å². The van der Waals surface area contributed by atoms with E-state index in [2.05, 4.69) is 33.4 Å². The molecule has 4 saturated heterocycles. The molecule has 6 aromatic carbocycles. The molecule has 0 bridgehead atoms. The number of ether oxygens (including phenoxy) is 1. The molecule has 4 unspecified atom stereocenters. The van der Waals surface area contributed by atoms with Crippen molar-refractivity contribution < 1.29 is 43.6 Å². The Hall–Kier alpha value is -3.95. The summed E-state index contributed by atoms with van der Waals surface area (Å²) in [6.07, 6.45) is 3.96. The van der Waals surface area contributed by atoms with Crippen LogP contribution in [0.5, 0.6) is 0 Å². The highest BCUT2D eigenvalue weighted by atomic mass is 79.9. The van der Waals surface area contributed by atoms with Crippen molar-refractivity contribution >= 4 is 165 Å². The first-order valence-corrected chi connectivity index (χ1v) is 33.8. The van der Waals surface area contributed by atoms with Crippen molar-refractivity contribution in [3.63, 3.8) is 0 Å². The lowest BCUT2D eigenvalue weighted by Crippen LogP contribution is -2.41. The monoisotopic (exact) mass is 1510 g/mol. The van der Waals surface area contributed by atoms with E-state index in [1.165, 1.54) is 17.7 Å². The molecule has 4 heterocycles. The Morgan fingerprint density at radius 1 is 0.602 bits per heavy atom.